The third kappa shape index (κ3) is 5.23. The number of amides is 1. The Morgan fingerprint density at radius 2 is 2.18 bits per heavy atom. The lowest BCUT2D eigenvalue weighted by atomic mass is 10.1. The molecule has 0 aromatic carbocycles. The predicted octanol–water partition coefficient (Wildman–Crippen LogP) is 1.22. The van der Waals surface area contributed by atoms with Crippen LogP contribution in [0.5, 0.6) is 0 Å². The second-order valence-electron chi connectivity index (χ2n) is 4.98. The zero-order valence-corrected chi connectivity index (χ0v) is 11.0. The molecular formula is C12H23ClN2O2. The molecule has 2 unspecified atom stereocenters. The van der Waals surface area contributed by atoms with E-state index >= 15 is 0 Å². The van der Waals surface area contributed by atoms with Gasteiger partial charge in [-0.25, -0.2) is 0 Å². The van der Waals surface area contributed by atoms with Gasteiger partial charge in [0, 0.05) is 25.6 Å². The molecule has 2 rings (SSSR count). The summed E-state index contributed by atoms with van der Waals surface area (Å²) in [6, 6.07) is 0.159. The van der Waals surface area contributed by atoms with E-state index in [1.54, 1.807) is 0 Å². The molecule has 4 nitrogen and oxygen atoms in total. The van der Waals surface area contributed by atoms with Crippen molar-refractivity contribution in [1.82, 2.24) is 5.32 Å². The second-order valence-corrected chi connectivity index (χ2v) is 4.98. The van der Waals surface area contributed by atoms with Crippen molar-refractivity contribution in [2.45, 2.75) is 50.7 Å². The highest BCUT2D eigenvalue weighted by molar-refractivity contribution is 5.85. The molecule has 100 valence electrons. The number of halogens is 1. The van der Waals surface area contributed by atoms with Crippen LogP contribution in [0, 0.1) is 5.92 Å². The van der Waals surface area contributed by atoms with Gasteiger partial charge in [-0.1, -0.05) is 0 Å². The number of rotatable bonds is 6. The first-order chi connectivity index (χ1) is 7.75. The lowest BCUT2D eigenvalue weighted by Gasteiger charge is -2.12. The van der Waals surface area contributed by atoms with Crippen LogP contribution in [-0.2, 0) is 9.53 Å². The maximum absolute atomic E-state index is 11.5. The first kappa shape index (κ1) is 14.7. The lowest BCUT2D eigenvalue weighted by Crippen LogP contribution is -2.38. The van der Waals surface area contributed by atoms with E-state index in [0.29, 0.717) is 25.0 Å². The highest BCUT2D eigenvalue weighted by atomic mass is 35.5. The van der Waals surface area contributed by atoms with Gasteiger partial charge in [-0.15, -0.1) is 12.4 Å². The Labute approximate surface area is 109 Å². The summed E-state index contributed by atoms with van der Waals surface area (Å²) in [6.07, 6.45) is 6.43. The van der Waals surface area contributed by atoms with Gasteiger partial charge in [0.05, 0.1) is 6.10 Å². The Balaban J connectivity index is 0.00000144. The van der Waals surface area contributed by atoms with E-state index in [-0.39, 0.29) is 24.4 Å². The van der Waals surface area contributed by atoms with Crippen molar-refractivity contribution in [2.24, 2.45) is 11.7 Å². The number of carbonyl (C=O) groups excluding carboxylic acids is 1. The molecule has 1 saturated heterocycles. The number of nitrogens with one attached hydrogen (secondary N) is 1. The maximum Gasteiger partial charge on any atom is 0.220 e. The van der Waals surface area contributed by atoms with Crippen LogP contribution in [-0.4, -0.2) is 31.2 Å². The summed E-state index contributed by atoms with van der Waals surface area (Å²) >= 11 is 0. The molecule has 5 heteroatoms. The zero-order chi connectivity index (χ0) is 11.4. The van der Waals surface area contributed by atoms with Gasteiger partial charge < -0.3 is 15.8 Å². The van der Waals surface area contributed by atoms with Crippen molar-refractivity contribution < 1.29 is 9.53 Å². The molecule has 1 saturated carbocycles. The third-order valence-corrected chi connectivity index (χ3v) is 3.48. The Hall–Kier alpha value is -0.320. The normalized spacial score (nSPS) is 25.1. The van der Waals surface area contributed by atoms with Crippen LogP contribution in [0.2, 0.25) is 0 Å². The van der Waals surface area contributed by atoms with E-state index < -0.39 is 0 Å². The quantitative estimate of drug-likeness (QED) is 0.757. The number of nitrogens with two attached hydrogens (primary N) is 1. The Bertz CT molecular complexity index is 233. The molecule has 1 amide bonds. The van der Waals surface area contributed by atoms with E-state index in [2.05, 4.69) is 5.32 Å². The van der Waals surface area contributed by atoms with Crippen molar-refractivity contribution in [3.05, 3.63) is 0 Å². The van der Waals surface area contributed by atoms with Gasteiger partial charge in [0.1, 0.15) is 0 Å². The smallest absolute Gasteiger partial charge is 0.220 e. The molecule has 1 aliphatic heterocycles. The molecule has 0 aromatic heterocycles. The molecule has 1 heterocycles. The van der Waals surface area contributed by atoms with Crippen LogP contribution in [0.25, 0.3) is 0 Å². The van der Waals surface area contributed by atoms with Crippen LogP contribution in [0.3, 0.4) is 0 Å². The van der Waals surface area contributed by atoms with Crippen molar-refractivity contribution >= 4 is 18.3 Å². The number of hydrogen-bond acceptors (Lipinski definition) is 3. The molecule has 2 aliphatic rings. The van der Waals surface area contributed by atoms with Crippen LogP contribution >= 0.6 is 12.4 Å². The zero-order valence-electron chi connectivity index (χ0n) is 10.2. The van der Waals surface area contributed by atoms with Gasteiger partial charge in [-0.3, -0.25) is 4.79 Å². The molecule has 2 fully saturated rings. The van der Waals surface area contributed by atoms with Gasteiger partial charge >= 0.3 is 0 Å². The van der Waals surface area contributed by atoms with Crippen molar-refractivity contribution in [1.29, 1.82) is 0 Å². The molecule has 2 atom stereocenters. The van der Waals surface area contributed by atoms with Gasteiger partial charge in [0.2, 0.25) is 5.91 Å². The largest absolute Gasteiger partial charge is 0.378 e. The molecule has 0 bridgehead atoms. The first-order valence-corrected chi connectivity index (χ1v) is 6.39. The number of carbonyl (C=O) groups is 1. The van der Waals surface area contributed by atoms with E-state index in [1.807, 2.05) is 0 Å². The lowest BCUT2D eigenvalue weighted by molar-refractivity contribution is -0.121. The summed E-state index contributed by atoms with van der Waals surface area (Å²) in [5.41, 5.74) is 5.91. The summed E-state index contributed by atoms with van der Waals surface area (Å²) in [5.74, 6) is 0.769. The molecule has 17 heavy (non-hydrogen) atoms. The minimum absolute atomic E-state index is 0. The number of ether oxygens (including phenoxy) is 1. The molecule has 0 radical (unpaired) electrons. The van der Waals surface area contributed by atoms with Crippen LogP contribution in [0.15, 0.2) is 0 Å². The fraction of sp³-hybridized carbons (Fsp3) is 0.917. The van der Waals surface area contributed by atoms with Gasteiger partial charge in [0.25, 0.3) is 0 Å². The fourth-order valence-electron chi connectivity index (χ4n) is 2.18. The van der Waals surface area contributed by atoms with E-state index in [4.69, 9.17) is 10.5 Å². The van der Waals surface area contributed by atoms with Gasteiger partial charge in [-0.2, -0.15) is 0 Å². The summed E-state index contributed by atoms with van der Waals surface area (Å²) in [4.78, 5) is 11.5. The van der Waals surface area contributed by atoms with Crippen LogP contribution in [0.1, 0.15) is 38.5 Å². The molecule has 1 aliphatic carbocycles. The minimum atomic E-state index is 0. The summed E-state index contributed by atoms with van der Waals surface area (Å²) in [7, 11) is 0. The van der Waals surface area contributed by atoms with Crippen LogP contribution < -0.4 is 11.1 Å². The fourth-order valence-corrected chi connectivity index (χ4v) is 2.18. The topological polar surface area (TPSA) is 64.3 Å². The molecule has 0 aromatic rings. The second kappa shape index (κ2) is 7.19. The molecule has 3 N–H and O–H groups in total. The SMILES string of the molecule is Cl.NC(CNC(=O)CCC1CCCO1)C1CC1. The van der Waals surface area contributed by atoms with Crippen molar-refractivity contribution in [2.75, 3.05) is 13.2 Å². The third-order valence-electron chi connectivity index (χ3n) is 3.48. The van der Waals surface area contributed by atoms with E-state index in [1.165, 1.54) is 12.8 Å². The average Bonchev–Trinajstić information content (AvgIpc) is 3.01. The monoisotopic (exact) mass is 262 g/mol. The Morgan fingerprint density at radius 3 is 2.76 bits per heavy atom. The van der Waals surface area contributed by atoms with Gasteiger partial charge in [-0.05, 0) is 38.0 Å². The average molecular weight is 263 g/mol. The maximum atomic E-state index is 11.5. The Morgan fingerprint density at radius 1 is 1.41 bits per heavy atom. The van der Waals surface area contributed by atoms with E-state index in [0.717, 1.165) is 25.9 Å². The summed E-state index contributed by atoms with van der Waals surface area (Å²) < 4.78 is 5.47. The van der Waals surface area contributed by atoms with Crippen molar-refractivity contribution in [3.8, 4) is 0 Å². The highest BCUT2D eigenvalue weighted by Gasteiger charge is 2.28. The van der Waals surface area contributed by atoms with Crippen LogP contribution in [0.4, 0.5) is 0 Å². The standard InChI is InChI=1S/C12H22N2O2.ClH/c13-11(9-3-4-9)8-14-12(15)6-5-10-2-1-7-16-10;/h9-11H,1-8,13H2,(H,14,15);1H. The molecule has 0 spiro atoms. The first-order valence-electron chi connectivity index (χ1n) is 6.39. The summed E-state index contributed by atoms with van der Waals surface area (Å²) in [6.45, 7) is 1.49. The Kier molecular flexibility index (Phi) is 6.23. The predicted molar refractivity (Wildman–Crippen MR) is 69.2 cm³/mol. The molecular weight excluding hydrogens is 240 g/mol. The minimum Gasteiger partial charge on any atom is -0.378 e. The van der Waals surface area contributed by atoms with Crippen molar-refractivity contribution in [3.63, 3.8) is 0 Å². The highest BCUT2D eigenvalue weighted by Crippen LogP contribution is 2.31. The van der Waals surface area contributed by atoms with Gasteiger partial charge in [0.15, 0.2) is 0 Å². The number of hydrogen-bond donors (Lipinski definition) is 2. The van der Waals surface area contributed by atoms with E-state index in [9.17, 15) is 4.79 Å². The summed E-state index contributed by atoms with van der Waals surface area (Å²) in [5, 5.41) is 2.91.